The standard InChI is InChI=1S/C31H30N8OS/c1-41-27-26(20-14-21-10-11-22(15-20)38(21)31(40)23-8-5-13-34-28(23)32)37-30-24(17-36-39(30)29(27)33)19-9-12-25(35-16-19)18-6-3-2-4-7-18/h2-9,12-13,16-17,20-22H,10-11,14-15,33H2,1H3,(H2,32,34). The summed E-state index contributed by atoms with van der Waals surface area (Å²) in [7, 11) is 0. The molecule has 10 heteroatoms. The van der Waals surface area contributed by atoms with Gasteiger partial charge in [-0.1, -0.05) is 36.4 Å². The van der Waals surface area contributed by atoms with Gasteiger partial charge in [0.05, 0.1) is 28.0 Å². The van der Waals surface area contributed by atoms with Crippen molar-refractivity contribution < 1.29 is 4.79 Å². The number of hydrogen-bond acceptors (Lipinski definition) is 8. The third-order valence-corrected chi connectivity index (χ3v) is 9.26. The lowest BCUT2D eigenvalue weighted by Crippen LogP contribution is -2.46. The van der Waals surface area contributed by atoms with Crippen LogP contribution in [-0.4, -0.2) is 53.7 Å². The second-order valence-electron chi connectivity index (χ2n) is 10.7. The number of nitrogens with zero attached hydrogens (tertiary/aromatic N) is 6. The summed E-state index contributed by atoms with van der Waals surface area (Å²) in [5.41, 5.74) is 18.8. The maximum Gasteiger partial charge on any atom is 0.258 e. The van der Waals surface area contributed by atoms with E-state index in [4.69, 9.17) is 21.4 Å². The van der Waals surface area contributed by atoms with Gasteiger partial charge in [-0.15, -0.1) is 11.8 Å². The quantitative estimate of drug-likeness (QED) is 0.277. The van der Waals surface area contributed by atoms with Gasteiger partial charge in [-0.2, -0.15) is 9.61 Å². The molecule has 6 heterocycles. The smallest absolute Gasteiger partial charge is 0.258 e. The van der Waals surface area contributed by atoms with Gasteiger partial charge in [0.2, 0.25) is 0 Å². The maximum absolute atomic E-state index is 13.5. The molecule has 0 saturated carbocycles. The predicted molar refractivity (Wildman–Crippen MR) is 161 cm³/mol. The summed E-state index contributed by atoms with van der Waals surface area (Å²) in [5, 5.41) is 4.61. The molecule has 1 amide bonds. The van der Waals surface area contributed by atoms with E-state index in [0.29, 0.717) is 11.4 Å². The van der Waals surface area contributed by atoms with Crippen LogP contribution in [0.2, 0.25) is 0 Å². The lowest BCUT2D eigenvalue weighted by Gasteiger charge is -2.39. The first-order chi connectivity index (χ1) is 20.0. The Hall–Kier alpha value is -4.44. The molecule has 41 heavy (non-hydrogen) atoms. The van der Waals surface area contributed by atoms with Crippen LogP contribution in [0.5, 0.6) is 0 Å². The number of nitrogen functional groups attached to an aromatic ring is 2. The van der Waals surface area contributed by atoms with E-state index >= 15 is 0 Å². The zero-order valence-electron chi connectivity index (χ0n) is 22.6. The summed E-state index contributed by atoms with van der Waals surface area (Å²) in [6.07, 6.45) is 10.9. The first-order valence-electron chi connectivity index (χ1n) is 13.8. The van der Waals surface area contributed by atoms with Crippen molar-refractivity contribution in [2.45, 2.75) is 48.6 Å². The van der Waals surface area contributed by atoms with Crippen LogP contribution in [0.25, 0.3) is 28.0 Å². The normalized spacial score (nSPS) is 20.0. The molecule has 5 aromatic rings. The molecule has 2 aliphatic rings. The Labute approximate surface area is 242 Å². The first kappa shape index (κ1) is 25.5. The van der Waals surface area contributed by atoms with Crippen molar-refractivity contribution in [3.05, 3.63) is 84.4 Å². The molecule has 0 aliphatic carbocycles. The summed E-state index contributed by atoms with van der Waals surface area (Å²) < 4.78 is 1.73. The number of thioether (sulfide) groups is 1. The molecular weight excluding hydrogens is 532 g/mol. The van der Waals surface area contributed by atoms with Crippen molar-refractivity contribution in [1.82, 2.24) is 29.5 Å². The number of piperidine rings is 1. The minimum Gasteiger partial charge on any atom is -0.383 e. The lowest BCUT2D eigenvalue weighted by atomic mass is 9.87. The minimum atomic E-state index is -0.0286. The number of carbonyl (C=O) groups excluding carboxylic acids is 1. The van der Waals surface area contributed by atoms with Crippen LogP contribution in [0.15, 0.2) is 78.1 Å². The molecule has 0 radical (unpaired) electrons. The van der Waals surface area contributed by atoms with E-state index in [2.05, 4.69) is 16.1 Å². The second kappa shape index (κ2) is 10.2. The summed E-state index contributed by atoms with van der Waals surface area (Å²) >= 11 is 1.60. The number of amides is 1. The largest absolute Gasteiger partial charge is 0.383 e. The van der Waals surface area contributed by atoms with Crippen molar-refractivity contribution in [3.8, 4) is 22.4 Å². The molecule has 2 fully saturated rings. The zero-order valence-corrected chi connectivity index (χ0v) is 23.5. The fraction of sp³-hybridized carbons (Fsp3) is 0.258. The fourth-order valence-corrected chi connectivity index (χ4v) is 7.23. The molecule has 2 atom stereocenters. The highest BCUT2D eigenvalue weighted by atomic mass is 32.2. The topological polar surface area (TPSA) is 128 Å². The molecule has 2 aliphatic heterocycles. The predicted octanol–water partition coefficient (Wildman–Crippen LogP) is 5.29. The van der Waals surface area contributed by atoms with Gasteiger partial charge in [0.15, 0.2) is 5.65 Å². The van der Waals surface area contributed by atoms with Gasteiger partial charge in [-0.25, -0.2) is 9.97 Å². The van der Waals surface area contributed by atoms with E-state index in [1.54, 1.807) is 34.6 Å². The van der Waals surface area contributed by atoms with Gasteiger partial charge >= 0.3 is 0 Å². The number of anilines is 2. The molecule has 7 rings (SSSR count). The van der Waals surface area contributed by atoms with Crippen LogP contribution in [-0.2, 0) is 0 Å². The van der Waals surface area contributed by atoms with Crippen LogP contribution >= 0.6 is 11.8 Å². The second-order valence-corrected chi connectivity index (χ2v) is 11.5. The van der Waals surface area contributed by atoms with Crippen molar-refractivity contribution in [2.24, 2.45) is 0 Å². The highest BCUT2D eigenvalue weighted by Crippen LogP contribution is 2.46. The molecule has 206 valence electrons. The molecular formula is C31H30N8OS. The monoisotopic (exact) mass is 562 g/mol. The molecule has 1 aromatic carbocycles. The Morgan fingerprint density at radius 3 is 2.39 bits per heavy atom. The van der Waals surface area contributed by atoms with E-state index in [9.17, 15) is 4.79 Å². The summed E-state index contributed by atoms with van der Waals surface area (Å²) in [6.45, 7) is 0. The van der Waals surface area contributed by atoms with Crippen LogP contribution in [0.1, 0.15) is 47.7 Å². The van der Waals surface area contributed by atoms with Crippen LogP contribution in [0.4, 0.5) is 11.6 Å². The number of carbonyl (C=O) groups is 1. The van der Waals surface area contributed by atoms with Crippen molar-refractivity contribution >= 4 is 35.0 Å². The minimum absolute atomic E-state index is 0.0286. The fourth-order valence-electron chi connectivity index (χ4n) is 6.51. The summed E-state index contributed by atoms with van der Waals surface area (Å²) in [6, 6.07) is 18.0. The molecule has 4 aromatic heterocycles. The highest BCUT2D eigenvalue weighted by Gasteiger charge is 2.45. The Kier molecular flexibility index (Phi) is 6.34. The number of nitrogens with two attached hydrogens (primary N) is 2. The van der Waals surface area contributed by atoms with E-state index in [1.807, 2.05) is 59.9 Å². The number of hydrogen-bond donors (Lipinski definition) is 2. The Morgan fingerprint density at radius 1 is 0.927 bits per heavy atom. The van der Waals surface area contributed by atoms with Crippen LogP contribution in [0, 0.1) is 0 Å². The Morgan fingerprint density at radius 2 is 1.71 bits per heavy atom. The van der Waals surface area contributed by atoms with Crippen molar-refractivity contribution in [2.75, 3.05) is 17.7 Å². The number of fused-ring (bicyclic) bond motifs is 3. The van der Waals surface area contributed by atoms with Crippen LogP contribution in [0.3, 0.4) is 0 Å². The molecule has 4 N–H and O–H groups in total. The number of aromatic nitrogens is 5. The van der Waals surface area contributed by atoms with Gasteiger partial charge in [0.1, 0.15) is 11.6 Å². The number of rotatable bonds is 5. The molecule has 2 unspecified atom stereocenters. The van der Waals surface area contributed by atoms with Crippen molar-refractivity contribution in [1.29, 1.82) is 0 Å². The first-order valence-corrected chi connectivity index (χ1v) is 15.0. The van der Waals surface area contributed by atoms with E-state index < -0.39 is 0 Å². The third-order valence-electron chi connectivity index (χ3n) is 8.44. The number of benzene rings is 1. The van der Waals surface area contributed by atoms with Crippen molar-refractivity contribution in [3.63, 3.8) is 0 Å². The van der Waals surface area contributed by atoms with E-state index in [1.165, 1.54) is 0 Å². The van der Waals surface area contributed by atoms with Gasteiger partial charge in [-0.3, -0.25) is 9.78 Å². The highest BCUT2D eigenvalue weighted by molar-refractivity contribution is 7.98. The maximum atomic E-state index is 13.5. The summed E-state index contributed by atoms with van der Waals surface area (Å²) in [4.78, 5) is 30.6. The Balaban J connectivity index is 1.22. The molecule has 9 nitrogen and oxygen atoms in total. The van der Waals surface area contributed by atoms with Gasteiger partial charge < -0.3 is 16.4 Å². The Bertz CT molecular complexity index is 1740. The lowest BCUT2D eigenvalue weighted by molar-refractivity contribution is 0.0569. The van der Waals surface area contributed by atoms with Gasteiger partial charge in [0, 0.05) is 47.1 Å². The van der Waals surface area contributed by atoms with Gasteiger partial charge in [0.25, 0.3) is 5.91 Å². The van der Waals surface area contributed by atoms with Gasteiger partial charge in [-0.05, 0) is 50.1 Å². The average molecular weight is 563 g/mol. The van der Waals surface area contributed by atoms with E-state index in [-0.39, 0.29) is 29.7 Å². The van der Waals surface area contributed by atoms with Crippen LogP contribution < -0.4 is 11.5 Å². The summed E-state index contributed by atoms with van der Waals surface area (Å²) in [5.74, 6) is 1.02. The van der Waals surface area contributed by atoms with E-state index in [0.717, 1.165) is 64.3 Å². The zero-order chi connectivity index (χ0) is 28.1. The molecule has 2 saturated heterocycles. The molecule has 0 spiro atoms. The molecule has 2 bridgehead atoms. The SMILES string of the molecule is CSc1c(C2CC3CCC(C2)N3C(=O)c2cccnc2N)nc2c(-c3ccc(-c4ccccc4)nc3)cnn2c1N. The average Bonchev–Trinajstić information content (AvgIpc) is 3.55. The number of pyridine rings is 2. The third kappa shape index (κ3) is 4.30.